The van der Waals surface area contributed by atoms with Gasteiger partial charge in [0.15, 0.2) is 6.10 Å². The zero-order valence-electron chi connectivity index (χ0n) is 23.3. The summed E-state index contributed by atoms with van der Waals surface area (Å²) in [6, 6.07) is 26.1. The van der Waals surface area contributed by atoms with Crippen molar-refractivity contribution in [1.29, 1.82) is 0 Å². The average molecular weight is 534 g/mol. The van der Waals surface area contributed by atoms with E-state index >= 15 is 0 Å². The lowest BCUT2D eigenvalue weighted by Gasteiger charge is -2.30. The number of H-pyrrole nitrogens is 1. The van der Waals surface area contributed by atoms with Crippen LogP contribution in [-0.2, 0) is 28.6 Å². The molecule has 1 atom stereocenters. The van der Waals surface area contributed by atoms with Crippen LogP contribution in [0.1, 0.15) is 73.5 Å². The predicted molar refractivity (Wildman–Crippen MR) is 156 cm³/mol. The third kappa shape index (κ3) is 4.77. The highest BCUT2D eigenvalue weighted by Gasteiger charge is 2.48. The van der Waals surface area contributed by atoms with Crippen molar-refractivity contribution in [2.75, 3.05) is 6.54 Å². The molecule has 4 aromatic rings. The van der Waals surface area contributed by atoms with Crippen LogP contribution in [-0.4, -0.2) is 32.4 Å². The monoisotopic (exact) mass is 533 g/mol. The van der Waals surface area contributed by atoms with Gasteiger partial charge in [-0.05, 0) is 52.1 Å². The lowest BCUT2D eigenvalue weighted by Crippen LogP contribution is -2.42. The van der Waals surface area contributed by atoms with Gasteiger partial charge < -0.3 is 15.0 Å². The summed E-state index contributed by atoms with van der Waals surface area (Å²) in [7, 11) is 0. The van der Waals surface area contributed by atoms with E-state index in [0.29, 0.717) is 24.1 Å². The van der Waals surface area contributed by atoms with Crippen molar-refractivity contribution >= 4 is 5.91 Å². The van der Waals surface area contributed by atoms with Gasteiger partial charge in [-0.2, -0.15) is 0 Å². The number of hydrogen-bond donors (Lipinski definition) is 2. The minimum Gasteiger partial charge on any atom is -0.378 e. The second-order valence-electron chi connectivity index (χ2n) is 12.2. The maximum atomic E-state index is 13.4. The number of aliphatic hydroxyl groups excluding tert-OH is 1. The molecule has 0 radical (unpaired) electrons. The minimum atomic E-state index is -1.31. The van der Waals surface area contributed by atoms with Gasteiger partial charge in [0.2, 0.25) is 0 Å². The Morgan fingerprint density at radius 2 is 1.68 bits per heavy atom. The van der Waals surface area contributed by atoms with Crippen molar-refractivity contribution in [2.24, 2.45) is 0 Å². The van der Waals surface area contributed by atoms with Crippen molar-refractivity contribution in [2.45, 2.75) is 63.5 Å². The maximum Gasteiger partial charge on any atom is 0.256 e. The molecular formula is C34H35N3O3. The Balaban J connectivity index is 1.22. The number of aromatic nitrogens is 2. The highest BCUT2D eigenvalue weighted by atomic mass is 16.3. The molecule has 1 aliphatic heterocycles. The molecule has 2 aliphatic rings. The third-order valence-electron chi connectivity index (χ3n) is 8.41. The number of rotatable bonds is 5. The van der Waals surface area contributed by atoms with Crippen LogP contribution in [0.3, 0.4) is 0 Å². The molecule has 1 amide bonds. The van der Waals surface area contributed by atoms with E-state index in [4.69, 9.17) is 4.98 Å². The van der Waals surface area contributed by atoms with E-state index in [1.165, 1.54) is 11.1 Å². The van der Waals surface area contributed by atoms with Gasteiger partial charge in [0, 0.05) is 13.0 Å². The Morgan fingerprint density at radius 1 is 0.975 bits per heavy atom. The van der Waals surface area contributed by atoms with Gasteiger partial charge in [-0.25, -0.2) is 4.98 Å². The van der Waals surface area contributed by atoms with Crippen LogP contribution in [0.15, 0.2) is 83.7 Å². The Morgan fingerprint density at radius 3 is 2.38 bits per heavy atom. The van der Waals surface area contributed by atoms with E-state index in [2.05, 4.69) is 50.0 Å². The molecule has 40 heavy (non-hydrogen) atoms. The van der Waals surface area contributed by atoms with Crippen LogP contribution in [0.5, 0.6) is 0 Å². The summed E-state index contributed by atoms with van der Waals surface area (Å²) >= 11 is 0. The van der Waals surface area contributed by atoms with E-state index in [-0.39, 0.29) is 22.9 Å². The fourth-order valence-electron chi connectivity index (χ4n) is 5.75. The first-order valence-corrected chi connectivity index (χ1v) is 14.0. The number of aromatic amines is 1. The molecule has 1 saturated carbocycles. The number of carbonyl (C=O) groups is 1. The first-order chi connectivity index (χ1) is 19.2. The first-order valence-electron chi connectivity index (χ1n) is 14.0. The largest absolute Gasteiger partial charge is 0.378 e. The van der Waals surface area contributed by atoms with Gasteiger partial charge in [0.1, 0.15) is 5.82 Å². The van der Waals surface area contributed by atoms with Crippen molar-refractivity contribution in [3.8, 4) is 11.1 Å². The Kier molecular flexibility index (Phi) is 6.46. The highest BCUT2D eigenvalue weighted by molar-refractivity contribution is 5.83. The lowest BCUT2D eigenvalue weighted by atomic mass is 9.85. The first kappa shape index (κ1) is 26.2. The third-order valence-corrected chi connectivity index (χ3v) is 8.41. The number of hydrogen-bond acceptors (Lipinski definition) is 4. The molecule has 0 bridgehead atoms. The van der Waals surface area contributed by atoms with Crippen molar-refractivity contribution < 1.29 is 9.90 Å². The Bertz CT molecular complexity index is 1630. The second kappa shape index (κ2) is 9.86. The fourth-order valence-corrected chi connectivity index (χ4v) is 5.75. The standard InChI is InChI=1S/C34H35N3O3/c1-33(2,3)26-14-8-10-23(20-26)22-9-7-11-24(19-22)29(38)31(40)37-18-15-28-27(21-37)30(39)36-32(35-28)34(16-17-34)25-12-5-4-6-13-25/h4-14,19-20,29,38H,15-18,21H2,1-3H3,(H,35,36,39)/t29-/m1/s1. The van der Waals surface area contributed by atoms with E-state index in [0.717, 1.165) is 35.5 Å². The van der Waals surface area contributed by atoms with Crippen molar-refractivity contribution in [3.63, 3.8) is 0 Å². The van der Waals surface area contributed by atoms with E-state index in [9.17, 15) is 14.7 Å². The number of nitrogens with zero attached hydrogens (tertiary/aromatic N) is 2. The number of aliphatic hydroxyl groups is 1. The number of fused-ring (bicyclic) bond motifs is 1. The van der Waals surface area contributed by atoms with Crippen LogP contribution < -0.4 is 5.56 Å². The molecule has 0 spiro atoms. The number of carbonyl (C=O) groups excluding carboxylic acids is 1. The van der Waals surface area contributed by atoms with E-state index < -0.39 is 12.0 Å². The molecule has 6 rings (SSSR count). The molecule has 3 aromatic carbocycles. The van der Waals surface area contributed by atoms with Crippen LogP contribution in [0.4, 0.5) is 0 Å². The van der Waals surface area contributed by atoms with Gasteiger partial charge >= 0.3 is 0 Å². The molecule has 2 N–H and O–H groups in total. The number of nitrogens with one attached hydrogen (secondary N) is 1. The van der Waals surface area contributed by atoms with Gasteiger partial charge in [-0.15, -0.1) is 0 Å². The van der Waals surface area contributed by atoms with Gasteiger partial charge in [-0.1, -0.05) is 93.6 Å². The second-order valence-corrected chi connectivity index (χ2v) is 12.2. The summed E-state index contributed by atoms with van der Waals surface area (Å²) in [6.07, 6.45) is 1.07. The van der Waals surface area contributed by atoms with Gasteiger partial charge in [0.25, 0.3) is 11.5 Å². The Labute approximate surface area is 234 Å². The maximum absolute atomic E-state index is 13.4. The molecular weight excluding hydrogens is 498 g/mol. The van der Waals surface area contributed by atoms with Crippen molar-refractivity contribution in [1.82, 2.24) is 14.9 Å². The summed E-state index contributed by atoms with van der Waals surface area (Å²) in [4.78, 5) is 36.1. The number of amides is 1. The van der Waals surface area contributed by atoms with Crippen LogP contribution in [0.25, 0.3) is 11.1 Å². The van der Waals surface area contributed by atoms with Gasteiger partial charge in [-0.3, -0.25) is 9.59 Å². The normalized spacial score (nSPS) is 16.8. The lowest BCUT2D eigenvalue weighted by molar-refractivity contribution is -0.141. The van der Waals surface area contributed by atoms with Crippen LogP contribution >= 0.6 is 0 Å². The van der Waals surface area contributed by atoms with Crippen molar-refractivity contribution in [3.05, 3.63) is 123 Å². The van der Waals surface area contributed by atoms with Gasteiger partial charge in [0.05, 0.1) is 23.2 Å². The summed E-state index contributed by atoms with van der Waals surface area (Å²) in [6.45, 7) is 7.08. The quantitative estimate of drug-likeness (QED) is 0.358. The molecule has 1 aromatic heterocycles. The molecule has 6 nitrogen and oxygen atoms in total. The smallest absolute Gasteiger partial charge is 0.256 e. The fraction of sp³-hybridized carbons (Fsp3) is 0.324. The predicted octanol–water partition coefficient (Wildman–Crippen LogP) is 5.43. The molecule has 0 saturated heterocycles. The number of benzene rings is 3. The molecule has 1 fully saturated rings. The summed E-state index contributed by atoms with van der Waals surface area (Å²) in [5, 5.41) is 11.1. The minimum absolute atomic E-state index is 0.0158. The molecule has 204 valence electrons. The summed E-state index contributed by atoms with van der Waals surface area (Å²) in [5.41, 5.74) is 5.76. The van der Waals surface area contributed by atoms with Crippen LogP contribution in [0, 0.1) is 0 Å². The topological polar surface area (TPSA) is 86.3 Å². The average Bonchev–Trinajstić information content (AvgIpc) is 3.79. The van der Waals surface area contributed by atoms with E-state index in [1.54, 1.807) is 11.0 Å². The zero-order chi connectivity index (χ0) is 28.1. The Hall–Kier alpha value is -4.03. The molecule has 2 heterocycles. The van der Waals surface area contributed by atoms with E-state index in [1.807, 2.05) is 48.5 Å². The summed E-state index contributed by atoms with van der Waals surface area (Å²) in [5.74, 6) is 0.312. The molecule has 6 heteroatoms. The van der Waals surface area contributed by atoms with Crippen LogP contribution in [0.2, 0.25) is 0 Å². The molecule has 0 unspecified atom stereocenters. The summed E-state index contributed by atoms with van der Waals surface area (Å²) < 4.78 is 0. The molecule has 1 aliphatic carbocycles. The SMILES string of the molecule is CC(C)(C)c1cccc(-c2cccc([C@@H](O)C(=O)N3CCc4nc(C5(c6ccccc6)CC5)[nH]c(=O)c4C3)c2)c1. The highest BCUT2D eigenvalue weighted by Crippen LogP contribution is 2.52. The zero-order valence-corrected chi connectivity index (χ0v) is 23.3.